The van der Waals surface area contributed by atoms with Crippen LogP contribution in [0.2, 0.25) is 0 Å². The summed E-state index contributed by atoms with van der Waals surface area (Å²) in [6.45, 7) is 5.80. The van der Waals surface area contributed by atoms with Crippen LogP contribution in [-0.4, -0.2) is 5.91 Å². The van der Waals surface area contributed by atoms with Crippen LogP contribution in [0.3, 0.4) is 0 Å². The maximum Gasteiger partial charge on any atom is 0.220 e. The average molecular weight is 117 g/mol. The normalized spacial score (nSPS) is 14.0. The summed E-state index contributed by atoms with van der Waals surface area (Å²) in [5, 5.41) is 0. The molecule has 0 saturated carbocycles. The molecular weight excluding hydrogens is 102 g/mol. The number of hydrogen-bond acceptors (Lipinski definition) is 1. The molecule has 0 radical (unpaired) electrons. The first kappa shape index (κ1) is 7.47. The van der Waals surface area contributed by atoms with E-state index in [2.05, 4.69) is 0 Å². The van der Waals surface area contributed by atoms with Crippen molar-refractivity contribution in [3.8, 4) is 0 Å². The van der Waals surface area contributed by atoms with E-state index in [1.165, 1.54) is 0 Å². The van der Waals surface area contributed by atoms with Crippen molar-refractivity contribution in [1.82, 2.24) is 0 Å². The highest BCUT2D eigenvalue weighted by molar-refractivity contribution is 5.76. The van der Waals surface area contributed by atoms with Crippen LogP contribution in [0.5, 0.6) is 0 Å². The van der Waals surface area contributed by atoms with Gasteiger partial charge in [-0.3, -0.25) is 4.79 Å². The van der Waals surface area contributed by atoms with Crippen molar-refractivity contribution < 1.29 is 6.22 Å². The van der Waals surface area contributed by atoms with Gasteiger partial charge in [-0.15, -0.1) is 0 Å². The van der Waals surface area contributed by atoms with Crippen LogP contribution >= 0.6 is 0 Å². The van der Waals surface area contributed by atoms with Crippen LogP contribution in [0.15, 0.2) is 0 Å². The monoisotopic (exact) mass is 117 g/mol. The Balaban J connectivity index is 0. The average Bonchev–Trinajstić information content (AvgIpc) is 1.64. The summed E-state index contributed by atoms with van der Waals surface area (Å²) in [5.74, 6) is 0.169. The lowest BCUT2D eigenvalue weighted by Crippen LogP contribution is -2.24. The predicted molar refractivity (Wildman–Crippen MR) is 35.3 cm³/mol. The van der Waals surface area contributed by atoms with Gasteiger partial charge in [0.15, 0.2) is 0 Å². The number of primary amides is 1. The van der Waals surface area contributed by atoms with Crippen LogP contribution in [0.25, 0.3) is 0 Å². The quantitative estimate of drug-likeness (QED) is 0.576. The maximum absolute atomic E-state index is 10.4. The van der Waals surface area contributed by atoms with E-state index in [0.717, 1.165) is 0 Å². The second-order valence-electron chi connectivity index (χ2n) is 2.44. The van der Waals surface area contributed by atoms with E-state index >= 15 is 0 Å². The Morgan fingerprint density at radius 1 is 1.50 bits per heavy atom. The Labute approximate surface area is 51.6 Å². The fourth-order valence-corrected chi connectivity index (χ4v) is 0.329. The van der Waals surface area contributed by atoms with Gasteiger partial charge in [-0.05, 0) is 5.92 Å². The number of amides is 1. The molecule has 2 heteroatoms. The second-order valence-corrected chi connectivity index (χ2v) is 2.44. The summed E-state index contributed by atoms with van der Waals surface area (Å²) in [6, 6.07) is 0. The molecule has 50 valence electrons. The number of hydrogen-bond donors (Lipinski definition) is 1. The molecule has 0 aromatic rings. The Kier molecular flexibility index (Phi) is 2.52. The first-order valence-electron chi connectivity index (χ1n) is 2.85. The first-order valence-corrected chi connectivity index (χ1v) is 2.85. The minimum atomic E-state index is -0.208. The minimum Gasteiger partial charge on any atom is -0.369 e. The molecule has 0 saturated heterocycles. The van der Waals surface area contributed by atoms with Crippen molar-refractivity contribution in [2.24, 2.45) is 17.6 Å². The minimum absolute atomic E-state index is 0. The zero-order chi connectivity index (χ0) is 6.73. The standard InChI is InChI=1S/C6H13NO.H2/c1-4(2)5(3)6(7)8;/h4-5H,1-3H3,(H2,7,8);1H/t5-;/m0./s1. The Hall–Kier alpha value is -0.530. The van der Waals surface area contributed by atoms with Gasteiger partial charge in [-0.2, -0.15) is 0 Å². The van der Waals surface area contributed by atoms with Gasteiger partial charge in [0.2, 0.25) is 5.91 Å². The molecule has 0 spiro atoms. The molecule has 2 N–H and O–H groups in total. The van der Waals surface area contributed by atoms with Gasteiger partial charge in [0.1, 0.15) is 0 Å². The fraction of sp³-hybridized carbons (Fsp3) is 0.833. The van der Waals surface area contributed by atoms with Crippen LogP contribution in [-0.2, 0) is 4.79 Å². The molecule has 1 amide bonds. The molecule has 1 atom stereocenters. The van der Waals surface area contributed by atoms with E-state index in [0.29, 0.717) is 5.92 Å². The molecule has 0 heterocycles. The van der Waals surface area contributed by atoms with Crippen molar-refractivity contribution in [3.05, 3.63) is 0 Å². The molecule has 0 bridgehead atoms. The predicted octanol–water partition coefficient (Wildman–Crippen LogP) is 1.01. The van der Waals surface area contributed by atoms with E-state index in [1.807, 2.05) is 20.8 Å². The molecule has 0 aliphatic heterocycles. The van der Waals surface area contributed by atoms with Crippen molar-refractivity contribution in [2.75, 3.05) is 0 Å². The maximum atomic E-state index is 10.4. The van der Waals surface area contributed by atoms with Crippen LogP contribution in [0.4, 0.5) is 0 Å². The van der Waals surface area contributed by atoms with Gasteiger partial charge in [0.25, 0.3) is 0 Å². The number of carbonyl (C=O) groups excluding carboxylic acids is 1. The van der Waals surface area contributed by atoms with E-state index in [1.54, 1.807) is 0 Å². The van der Waals surface area contributed by atoms with Gasteiger partial charge < -0.3 is 5.73 Å². The van der Waals surface area contributed by atoms with Gasteiger partial charge in [0.05, 0.1) is 0 Å². The summed E-state index contributed by atoms with van der Waals surface area (Å²) in [7, 11) is 0. The molecule has 0 aromatic heterocycles. The third-order valence-electron chi connectivity index (χ3n) is 1.45. The smallest absolute Gasteiger partial charge is 0.220 e. The molecular formula is C6H15NO. The molecule has 0 aliphatic carbocycles. The second kappa shape index (κ2) is 2.70. The molecule has 0 fully saturated rings. The molecule has 0 rings (SSSR count). The third kappa shape index (κ3) is 1.96. The van der Waals surface area contributed by atoms with E-state index in [4.69, 9.17) is 5.73 Å². The van der Waals surface area contributed by atoms with Gasteiger partial charge in [-0.1, -0.05) is 20.8 Å². The van der Waals surface area contributed by atoms with Crippen molar-refractivity contribution in [2.45, 2.75) is 20.8 Å². The van der Waals surface area contributed by atoms with E-state index in [9.17, 15) is 4.79 Å². The third-order valence-corrected chi connectivity index (χ3v) is 1.45. The Morgan fingerprint density at radius 2 is 1.88 bits per heavy atom. The van der Waals surface area contributed by atoms with Crippen LogP contribution in [0, 0.1) is 11.8 Å². The summed E-state index contributed by atoms with van der Waals surface area (Å²) in [5.41, 5.74) is 5.00. The number of carbonyl (C=O) groups is 1. The summed E-state index contributed by atoms with van der Waals surface area (Å²) < 4.78 is 0. The highest BCUT2D eigenvalue weighted by Gasteiger charge is 2.11. The summed E-state index contributed by atoms with van der Waals surface area (Å²) >= 11 is 0. The lowest BCUT2D eigenvalue weighted by atomic mass is 9.98. The SMILES string of the molecule is CC(C)[C@H](C)C(N)=O.[HH]. The van der Waals surface area contributed by atoms with Crippen LogP contribution in [0.1, 0.15) is 22.2 Å². The van der Waals surface area contributed by atoms with E-state index < -0.39 is 0 Å². The highest BCUT2D eigenvalue weighted by atomic mass is 16.1. The first-order chi connectivity index (χ1) is 3.55. The highest BCUT2D eigenvalue weighted by Crippen LogP contribution is 2.06. The summed E-state index contributed by atoms with van der Waals surface area (Å²) in [4.78, 5) is 10.4. The largest absolute Gasteiger partial charge is 0.369 e. The number of nitrogens with two attached hydrogens (primary N) is 1. The van der Waals surface area contributed by atoms with Crippen LogP contribution < -0.4 is 5.73 Å². The zero-order valence-electron chi connectivity index (χ0n) is 5.64. The summed E-state index contributed by atoms with van der Waals surface area (Å²) in [6.07, 6.45) is 0. The Bertz CT molecular complexity index is 93.1. The molecule has 0 unspecified atom stereocenters. The topological polar surface area (TPSA) is 43.1 Å². The lowest BCUT2D eigenvalue weighted by molar-refractivity contribution is -0.122. The van der Waals surface area contributed by atoms with Gasteiger partial charge >= 0.3 is 0 Å². The zero-order valence-corrected chi connectivity index (χ0v) is 5.64. The number of rotatable bonds is 2. The molecule has 0 aliphatic rings. The van der Waals surface area contributed by atoms with Gasteiger partial charge in [0, 0.05) is 7.34 Å². The molecule has 0 aromatic carbocycles. The molecule has 8 heavy (non-hydrogen) atoms. The fourth-order valence-electron chi connectivity index (χ4n) is 0.329. The van der Waals surface area contributed by atoms with E-state index in [-0.39, 0.29) is 13.3 Å². The van der Waals surface area contributed by atoms with Crippen molar-refractivity contribution in [1.29, 1.82) is 0 Å². The Morgan fingerprint density at radius 3 is 1.88 bits per heavy atom. The lowest BCUT2D eigenvalue weighted by Gasteiger charge is -2.09. The van der Waals surface area contributed by atoms with Crippen molar-refractivity contribution in [3.63, 3.8) is 0 Å². The van der Waals surface area contributed by atoms with Crippen molar-refractivity contribution >= 4 is 5.91 Å². The molecule has 2 nitrogen and oxygen atoms in total. The van der Waals surface area contributed by atoms with Gasteiger partial charge in [-0.25, -0.2) is 0 Å².